The summed E-state index contributed by atoms with van der Waals surface area (Å²) in [6.45, 7) is 0. The second-order valence-corrected chi connectivity index (χ2v) is 5.91. The Morgan fingerprint density at radius 1 is 0.480 bits per heavy atom. The van der Waals surface area contributed by atoms with Crippen LogP contribution >= 0.6 is 17.0 Å². The van der Waals surface area contributed by atoms with E-state index in [0.717, 1.165) is 44.8 Å². The first-order chi connectivity index (χ1) is 11.8. The van der Waals surface area contributed by atoms with Crippen LogP contribution in [-0.4, -0.2) is 19.9 Å². The maximum Gasteiger partial charge on any atom is 0.0659 e. The molecule has 0 aromatic carbocycles. The molecule has 5 heterocycles. The van der Waals surface area contributed by atoms with E-state index < -0.39 is 0 Å². The minimum Gasteiger partial charge on any atom is -0.355 e. The van der Waals surface area contributed by atoms with Crippen molar-refractivity contribution >= 4 is 63.4 Å². The lowest BCUT2D eigenvalue weighted by molar-refractivity contribution is 1.28. The third-order valence-corrected chi connectivity index (χ3v) is 4.04. The van der Waals surface area contributed by atoms with Crippen LogP contribution in [0.3, 0.4) is 0 Å². The van der Waals surface area contributed by atoms with Crippen LogP contribution in [0.2, 0.25) is 0 Å². The quantitative estimate of drug-likeness (QED) is 0.380. The van der Waals surface area contributed by atoms with Gasteiger partial charge in [0, 0.05) is 22.1 Å². The van der Waals surface area contributed by atoms with Crippen molar-refractivity contribution in [3.8, 4) is 0 Å². The van der Waals surface area contributed by atoms with Crippen molar-refractivity contribution < 1.29 is 0 Å². The van der Waals surface area contributed by atoms with E-state index in [2.05, 4.69) is 50.3 Å². The van der Waals surface area contributed by atoms with Gasteiger partial charge in [0.05, 0.1) is 22.8 Å². The van der Waals surface area contributed by atoms with E-state index in [9.17, 15) is 0 Å². The molecule has 2 N–H and O–H groups in total. The summed E-state index contributed by atoms with van der Waals surface area (Å²) in [5.41, 5.74) is 7.86. The maximum absolute atomic E-state index is 4.62. The van der Waals surface area contributed by atoms with Crippen LogP contribution in [0.5, 0.6) is 0 Å². The van der Waals surface area contributed by atoms with E-state index in [4.69, 9.17) is 0 Å². The number of halogens is 1. The van der Waals surface area contributed by atoms with Gasteiger partial charge in [-0.1, -0.05) is 0 Å². The lowest BCUT2D eigenvalue weighted by atomic mass is 10.3. The highest BCUT2D eigenvalue weighted by Gasteiger charge is 2.02. The number of rotatable bonds is 0. The fourth-order valence-corrected chi connectivity index (χ4v) is 2.94. The van der Waals surface area contributed by atoms with Crippen LogP contribution in [-0.2, 0) is 0 Å². The second kappa shape index (κ2) is 6.18. The first kappa shape index (κ1) is 15.6. The fraction of sp³-hybridized carbons (Fsp3) is 0. The van der Waals surface area contributed by atoms with Gasteiger partial charge in [-0.25, -0.2) is 9.97 Å². The zero-order valence-corrected chi connectivity index (χ0v) is 14.9. The molecule has 2 aliphatic heterocycles. The van der Waals surface area contributed by atoms with Gasteiger partial charge in [0.15, 0.2) is 0 Å². The minimum absolute atomic E-state index is 0. The van der Waals surface area contributed by atoms with Gasteiger partial charge < -0.3 is 9.97 Å². The highest BCUT2D eigenvalue weighted by Crippen LogP contribution is 2.17. The van der Waals surface area contributed by atoms with Crippen LogP contribution in [0.15, 0.2) is 48.5 Å². The Labute approximate surface area is 154 Å². The Morgan fingerprint density at radius 2 is 0.840 bits per heavy atom. The van der Waals surface area contributed by atoms with Crippen LogP contribution in [0.25, 0.3) is 46.4 Å². The first-order valence-electron chi connectivity index (χ1n) is 7.85. The number of fused-ring (bicyclic) bond motifs is 8. The van der Waals surface area contributed by atoms with Crippen LogP contribution < -0.4 is 0 Å². The number of nitrogens with zero attached hydrogens (tertiary/aromatic N) is 2. The number of aromatic amines is 2. The smallest absolute Gasteiger partial charge is 0.0659 e. The van der Waals surface area contributed by atoms with Crippen molar-refractivity contribution in [2.24, 2.45) is 0 Å². The van der Waals surface area contributed by atoms with Crippen LogP contribution in [0.4, 0.5) is 0 Å². The minimum atomic E-state index is 0. The molecule has 0 fully saturated rings. The van der Waals surface area contributed by atoms with Crippen molar-refractivity contribution in [1.29, 1.82) is 0 Å². The predicted molar refractivity (Wildman–Crippen MR) is 109 cm³/mol. The summed E-state index contributed by atoms with van der Waals surface area (Å²) in [5, 5.41) is 0. The van der Waals surface area contributed by atoms with Gasteiger partial charge in [0.25, 0.3) is 0 Å². The monoisotopic (exact) mass is 390 g/mol. The summed E-state index contributed by atoms with van der Waals surface area (Å²) in [7, 11) is 0. The van der Waals surface area contributed by atoms with Gasteiger partial charge >= 0.3 is 0 Å². The Morgan fingerprint density at radius 3 is 1.28 bits per heavy atom. The molecule has 0 aliphatic carbocycles. The predicted octanol–water partition coefficient (Wildman–Crippen LogP) is 5.23. The van der Waals surface area contributed by atoms with Gasteiger partial charge in [0.2, 0.25) is 0 Å². The molecular weight excluding hydrogens is 376 g/mol. The topological polar surface area (TPSA) is 57.4 Å². The molecule has 3 aromatic rings. The molecule has 0 unspecified atom stereocenters. The zero-order chi connectivity index (χ0) is 15.9. The number of H-pyrrole nitrogens is 2. The van der Waals surface area contributed by atoms with Gasteiger partial charge in [-0.2, -0.15) is 0 Å². The summed E-state index contributed by atoms with van der Waals surface area (Å²) >= 11 is 0. The Hall–Kier alpha value is -2.92. The SMILES string of the molecule is Br.C1=Cc2cc3ccc(cc4ccc(cc5nc(cc1n2)C=C5)[nH]4)[nH]3. The molecule has 0 atom stereocenters. The molecule has 3 aromatic heterocycles. The second-order valence-electron chi connectivity index (χ2n) is 5.91. The summed E-state index contributed by atoms with van der Waals surface area (Å²) in [6, 6.07) is 16.4. The summed E-state index contributed by atoms with van der Waals surface area (Å²) in [6.07, 6.45) is 8.05. The van der Waals surface area contributed by atoms with Crippen LogP contribution in [0.1, 0.15) is 22.8 Å². The average Bonchev–Trinajstić information content (AvgIpc) is 3.32. The largest absolute Gasteiger partial charge is 0.355 e. The van der Waals surface area contributed by atoms with E-state index in [1.807, 2.05) is 42.5 Å². The number of hydrogen-bond donors (Lipinski definition) is 2. The van der Waals surface area contributed by atoms with E-state index >= 15 is 0 Å². The lowest BCUT2D eigenvalue weighted by Crippen LogP contribution is -1.77. The molecule has 2 aliphatic rings. The van der Waals surface area contributed by atoms with Crippen molar-refractivity contribution in [3.63, 3.8) is 0 Å². The molecular formula is C20H15BrN4. The van der Waals surface area contributed by atoms with Crippen molar-refractivity contribution in [2.75, 3.05) is 0 Å². The normalized spacial score (nSPS) is 12.2. The number of nitrogens with one attached hydrogen (secondary N) is 2. The molecule has 0 saturated heterocycles. The Kier molecular flexibility index (Phi) is 3.86. The molecule has 5 rings (SSSR count). The lowest BCUT2D eigenvalue weighted by Gasteiger charge is -1.86. The highest BCUT2D eigenvalue weighted by molar-refractivity contribution is 8.93. The molecule has 0 amide bonds. The summed E-state index contributed by atoms with van der Waals surface area (Å²) in [5.74, 6) is 0. The third-order valence-electron chi connectivity index (χ3n) is 4.04. The van der Waals surface area contributed by atoms with Gasteiger partial charge in [0.1, 0.15) is 0 Å². The van der Waals surface area contributed by atoms with E-state index in [-0.39, 0.29) is 17.0 Å². The summed E-state index contributed by atoms with van der Waals surface area (Å²) < 4.78 is 0. The van der Waals surface area contributed by atoms with Crippen molar-refractivity contribution in [2.45, 2.75) is 0 Å². The third kappa shape index (κ3) is 3.19. The van der Waals surface area contributed by atoms with Crippen molar-refractivity contribution in [3.05, 3.63) is 71.3 Å². The standard InChI is InChI=1S/C20H14N4.BrH/c1-2-14-10-16-5-6-18(23-16)12-20-8-7-19(24-20)11-17-4-3-15(22-17)9-13(1)21-14;/h1-12,21-22H;1H. The average molecular weight is 391 g/mol. The molecule has 4 nitrogen and oxygen atoms in total. The Bertz CT molecular complexity index is 1080. The van der Waals surface area contributed by atoms with Gasteiger partial charge in [-0.3, -0.25) is 0 Å². The molecule has 8 bridgehead atoms. The molecule has 0 radical (unpaired) electrons. The van der Waals surface area contributed by atoms with Gasteiger partial charge in [-0.05, 0) is 72.8 Å². The summed E-state index contributed by atoms with van der Waals surface area (Å²) in [4.78, 5) is 16.0. The molecule has 0 saturated carbocycles. The van der Waals surface area contributed by atoms with Gasteiger partial charge in [-0.15, -0.1) is 17.0 Å². The van der Waals surface area contributed by atoms with E-state index in [0.29, 0.717) is 0 Å². The fourth-order valence-electron chi connectivity index (χ4n) is 2.94. The zero-order valence-electron chi connectivity index (χ0n) is 13.2. The van der Waals surface area contributed by atoms with Crippen LogP contribution in [0, 0.1) is 0 Å². The maximum atomic E-state index is 4.62. The van der Waals surface area contributed by atoms with E-state index in [1.54, 1.807) is 0 Å². The molecule has 0 spiro atoms. The van der Waals surface area contributed by atoms with Crippen molar-refractivity contribution in [1.82, 2.24) is 19.9 Å². The first-order valence-corrected chi connectivity index (χ1v) is 7.85. The Balaban J connectivity index is 0.00000157. The highest BCUT2D eigenvalue weighted by atomic mass is 79.9. The molecule has 25 heavy (non-hydrogen) atoms. The number of aromatic nitrogens is 4. The van der Waals surface area contributed by atoms with E-state index in [1.165, 1.54) is 0 Å². The molecule has 5 heteroatoms. The number of hydrogen-bond acceptors (Lipinski definition) is 2. The molecule has 122 valence electrons.